The van der Waals surface area contributed by atoms with Crippen LogP contribution in [0.1, 0.15) is 0 Å². The average molecular weight is 533 g/mol. The summed E-state index contributed by atoms with van der Waals surface area (Å²) in [5.74, 6) is 0.849. The Morgan fingerprint density at radius 1 is 0.615 bits per heavy atom. The third kappa shape index (κ3) is 3.70. The van der Waals surface area contributed by atoms with Gasteiger partial charge in [0.2, 0.25) is 0 Å². The van der Waals surface area contributed by atoms with E-state index < -0.39 is 0 Å². The highest BCUT2D eigenvalue weighted by atomic mass is 79.9. The van der Waals surface area contributed by atoms with Crippen LogP contribution >= 0.6 is 47.8 Å². The summed E-state index contributed by atoms with van der Waals surface area (Å²) in [6, 6.07) is 24.6. The van der Waals surface area contributed by atoms with Gasteiger partial charge in [-0.05, 0) is 36.4 Å². The largest absolute Gasteiger partial charge is 0.337 e. The Kier molecular flexibility index (Phi) is 5.11. The molecule has 4 aromatic rings. The molecule has 2 nitrogen and oxygen atoms in total. The van der Waals surface area contributed by atoms with E-state index in [-0.39, 0.29) is 0 Å². The maximum atomic E-state index is 4.92. The Bertz CT molecular complexity index is 989. The fourth-order valence-corrected chi connectivity index (χ4v) is 3.72. The number of hydrogen-bond acceptors (Lipinski definition) is 1. The third-order valence-corrected chi connectivity index (χ3v) is 5.60. The van der Waals surface area contributed by atoms with E-state index in [0.717, 1.165) is 47.3 Å². The van der Waals surface area contributed by atoms with Crippen molar-refractivity contribution in [2.24, 2.45) is 0 Å². The maximum absolute atomic E-state index is 4.92. The minimum atomic E-state index is 0.849. The van der Waals surface area contributed by atoms with Crippen LogP contribution in [0.15, 0.2) is 86.2 Å². The molecule has 0 fully saturated rings. The number of hydrogen-bond donors (Lipinski definition) is 1. The number of benzene rings is 3. The topological polar surface area (TPSA) is 28.7 Å². The summed E-state index contributed by atoms with van der Waals surface area (Å²) in [5, 5.41) is 0. The number of H-pyrrole nitrogens is 1. The lowest BCUT2D eigenvalue weighted by Crippen LogP contribution is -1.83. The molecule has 1 N–H and O–H groups in total. The molecule has 1 heterocycles. The molecule has 0 unspecified atom stereocenters. The number of aromatic nitrogens is 2. The van der Waals surface area contributed by atoms with Crippen LogP contribution in [0.2, 0.25) is 0 Å². The number of aromatic amines is 1. The van der Waals surface area contributed by atoms with Gasteiger partial charge >= 0.3 is 0 Å². The predicted octanol–water partition coefficient (Wildman–Crippen LogP) is 7.70. The fourth-order valence-electron chi connectivity index (χ4n) is 2.79. The number of rotatable bonds is 3. The minimum absolute atomic E-state index is 0.849. The van der Waals surface area contributed by atoms with Crippen molar-refractivity contribution in [3.8, 4) is 33.9 Å². The molecule has 0 saturated carbocycles. The van der Waals surface area contributed by atoms with Gasteiger partial charge in [0.15, 0.2) is 0 Å². The zero-order valence-corrected chi connectivity index (χ0v) is 18.3. The lowest BCUT2D eigenvalue weighted by Gasteiger charge is -2.04. The zero-order valence-electron chi connectivity index (χ0n) is 13.5. The van der Waals surface area contributed by atoms with E-state index in [0.29, 0.717) is 0 Å². The number of imidazole rings is 1. The van der Waals surface area contributed by atoms with Gasteiger partial charge < -0.3 is 4.98 Å². The van der Waals surface area contributed by atoms with E-state index in [4.69, 9.17) is 4.98 Å². The van der Waals surface area contributed by atoms with Crippen molar-refractivity contribution in [3.05, 3.63) is 86.2 Å². The smallest absolute Gasteiger partial charge is 0.138 e. The van der Waals surface area contributed by atoms with Gasteiger partial charge in [0.05, 0.1) is 11.4 Å². The fraction of sp³-hybridized carbons (Fsp3) is 0. The Morgan fingerprint density at radius 2 is 1.23 bits per heavy atom. The normalized spacial score (nSPS) is 10.9. The first kappa shape index (κ1) is 17.7. The van der Waals surface area contributed by atoms with Gasteiger partial charge in [0.1, 0.15) is 5.82 Å². The Morgan fingerprint density at radius 3 is 1.85 bits per heavy atom. The molecule has 0 aliphatic rings. The molecule has 5 heteroatoms. The monoisotopic (exact) mass is 530 g/mol. The molecule has 26 heavy (non-hydrogen) atoms. The summed E-state index contributed by atoms with van der Waals surface area (Å²) in [6.07, 6.45) is 0. The highest BCUT2D eigenvalue weighted by Crippen LogP contribution is 2.34. The van der Waals surface area contributed by atoms with Crippen molar-refractivity contribution in [2.75, 3.05) is 0 Å². The highest BCUT2D eigenvalue weighted by molar-refractivity contribution is 9.11. The van der Waals surface area contributed by atoms with Gasteiger partial charge in [0, 0.05) is 30.1 Å². The van der Waals surface area contributed by atoms with E-state index in [9.17, 15) is 0 Å². The standard InChI is InChI=1S/C21H13Br3N2/c22-16-8-4-13(5-9-16)19-20(14-6-10-17(23)11-7-14)26-21(25-19)15-2-1-3-18(24)12-15/h1-12H,(H,25,26). The molecule has 0 atom stereocenters. The second kappa shape index (κ2) is 7.51. The van der Waals surface area contributed by atoms with Crippen molar-refractivity contribution in [1.82, 2.24) is 9.97 Å². The molecule has 1 aromatic heterocycles. The second-order valence-corrected chi connectivity index (χ2v) is 8.58. The quantitative estimate of drug-likeness (QED) is 0.288. The van der Waals surface area contributed by atoms with Gasteiger partial charge in [0.25, 0.3) is 0 Å². The summed E-state index contributed by atoms with van der Waals surface area (Å²) in [5.41, 5.74) is 5.16. The Balaban J connectivity index is 1.90. The lowest BCUT2D eigenvalue weighted by atomic mass is 10.1. The molecule has 0 radical (unpaired) electrons. The second-order valence-electron chi connectivity index (χ2n) is 5.83. The van der Waals surface area contributed by atoms with Crippen LogP contribution in [0.5, 0.6) is 0 Å². The van der Waals surface area contributed by atoms with E-state index in [1.807, 2.05) is 36.4 Å². The third-order valence-electron chi connectivity index (χ3n) is 4.05. The van der Waals surface area contributed by atoms with Crippen LogP contribution in [0.25, 0.3) is 33.9 Å². The van der Waals surface area contributed by atoms with Crippen molar-refractivity contribution in [1.29, 1.82) is 0 Å². The highest BCUT2D eigenvalue weighted by Gasteiger charge is 2.15. The molecule has 4 rings (SSSR count). The van der Waals surface area contributed by atoms with Crippen LogP contribution in [-0.2, 0) is 0 Å². The van der Waals surface area contributed by atoms with E-state index in [2.05, 4.69) is 89.2 Å². The van der Waals surface area contributed by atoms with Crippen molar-refractivity contribution in [2.45, 2.75) is 0 Å². The van der Waals surface area contributed by atoms with Crippen LogP contribution in [0.4, 0.5) is 0 Å². The SMILES string of the molecule is Brc1ccc(-c2nc(-c3cccc(Br)c3)[nH]c2-c2ccc(Br)cc2)cc1. The first-order valence-electron chi connectivity index (χ1n) is 7.98. The first-order valence-corrected chi connectivity index (χ1v) is 10.4. The summed E-state index contributed by atoms with van der Waals surface area (Å²) in [6.45, 7) is 0. The van der Waals surface area contributed by atoms with Crippen LogP contribution in [-0.4, -0.2) is 9.97 Å². The summed E-state index contributed by atoms with van der Waals surface area (Å²) >= 11 is 10.5. The van der Waals surface area contributed by atoms with Gasteiger partial charge in [-0.2, -0.15) is 0 Å². The maximum Gasteiger partial charge on any atom is 0.138 e. The molecule has 0 bridgehead atoms. The molecular formula is C21H13Br3N2. The average Bonchev–Trinajstić information content (AvgIpc) is 3.08. The van der Waals surface area contributed by atoms with Gasteiger partial charge in [-0.3, -0.25) is 0 Å². The molecular weight excluding hydrogens is 520 g/mol. The Labute approximate surface area is 177 Å². The lowest BCUT2D eigenvalue weighted by molar-refractivity contribution is 1.31. The minimum Gasteiger partial charge on any atom is -0.337 e. The molecule has 0 amide bonds. The van der Waals surface area contributed by atoms with Crippen LogP contribution in [0.3, 0.4) is 0 Å². The van der Waals surface area contributed by atoms with Gasteiger partial charge in [-0.25, -0.2) is 4.98 Å². The number of nitrogens with one attached hydrogen (secondary N) is 1. The molecule has 0 spiro atoms. The van der Waals surface area contributed by atoms with Crippen molar-refractivity contribution < 1.29 is 0 Å². The zero-order chi connectivity index (χ0) is 18.1. The first-order chi connectivity index (χ1) is 12.6. The number of nitrogens with zero attached hydrogens (tertiary/aromatic N) is 1. The molecule has 3 aromatic carbocycles. The molecule has 0 aliphatic carbocycles. The van der Waals surface area contributed by atoms with Crippen molar-refractivity contribution in [3.63, 3.8) is 0 Å². The van der Waals surface area contributed by atoms with E-state index in [1.165, 1.54) is 0 Å². The van der Waals surface area contributed by atoms with Crippen LogP contribution < -0.4 is 0 Å². The summed E-state index contributed by atoms with van der Waals surface area (Å²) in [7, 11) is 0. The van der Waals surface area contributed by atoms with E-state index in [1.54, 1.807) is 0 Å². The molecule has 128 valence electrons. The predicted molar refractivity (Wildman–Crippen MR) is 118 cm³/mol. The molecule has 0 aliphatic heterocycles. The Hall–Kier alpha value is -1.69. The summed E-state index contributed by atoms with van der Waals surface area (Å²) < 4.78 is 3.13. The summed E-state index contributed by atoms with van der Waals surface area (Å²) in [4.78, 5) is 8.43. The van der Waals surface area contributed by atoms with Crippen LogP contribution in [0, 0.1) is 0 Å². The van der Waals surface area contributed by atoms with E-state index >= 15 is 0 Å². The number of halogens is 3. The molecule has 0 saturated heterocycles. The van der Waals surface area contributed by atoms with Gasteiger partial charge in [-0.15, -0.1) is 0 Å². The van der Waals surface area contributed by atoms with Crippen molar-refractivity contribution >= 4 is 47.8 Å². The van der Waals surface area contributed by atoms with Gasteiger partial charge in [-0.1, -0.05) is 84.2 Å².